The summed E-state index contributed by atoms with van der Waals surface area (Å²) in [7, 11) is 4.24. The Hall–Kier alpha value is -1.41. The molecule has 0 aliphatic heterocycles. The summed E-state index contributed by atoms with van der Waals surface area (Å²) < 4.78 is 25.6. The molecule has 3 N–H and O–H groups in total. The zero-order valence-corrected chi connectivity index (χ0v) is 14.4. The van der Waals surface area contributed by atoms with Crippen molar-refractivity contribution >= 4 is 34.9 Å². The molecular weight excluding hydrogens is 311 g/mol. The molecule has 2 rings (SSSR count). The predicted octanol–water partition coefficient (Wildman–Crippen LogP) is 0.611. The van der Waals surface area contributed by atoms with Gasteiger partial charge in [0.15, 0.2) is 0 Å². The van der Waals surface area contributed by atoms with Crippen molar-refractivity contribution in [1.82, 2.24) is 14.7 Å². The summed E-state index contributed by atoms with van der Waals surface area (Å²) in [5, 5.41) is 0. The first-order valence-corrected chi connectivity index (χ1v) is 9.44. The van der Waals surface area contributed by atoms with E-state index in [0.717, 1.165) is 31.3 Å². The highest BCUT2D eigenvalue weighted by Crippen LogP contribution is 2.31. The number of sulfonamides is 1. The van der Waals surface area contributed by atoms with Crippen LogP contribution in [0.15, 0.2) is 12.3 Å². The van der Waals surface area contributed by atoms with Crippen LogP contribution in [0.25, 0.3) is 5.57 Å². The van der Waals surface area contributed by atoms with E-state index in [1.165, 1.54) is 13.2 Å². The summed E-state index contributed by atoms with van der Waals surface area (Å²) in [6.45, 7) is 1.97. The summed E-state index contributed by atoms with van der Waals surface area (Å²) in [5.41, 5.74) is 7.80. The molecule has 1 aromatic rings. The van der Waals surface area contributed by atoms with Crippen molar-refractivity contribution in [2.45, 2.75) is 32.6 Å². The molecule has 0 bridgehead atoms. The minimum absolute atomic E-state index is 0.211. The highest BCUT2D eigenvalue weighted by molar-refractivity contribution is 7.89. The second kappa shape index (κ2) is 7.44. The fourth-order valence-corrected chi connectivity index (χ4v) is 4.19. The van der Waals surface area contributed by atoms with Crippen LogP contribution in [0.3, 0.4) is 0 Å². The third kappa shape index (κ3) is 5.04. The fraction of sp³-hybridized carbons (Fsp3) is 0.600. The van der Waals surface area contributed by atoms with Crippen LogP contribution >= 0.6 is 0 Å². The number of nitrogens with zero attached hydrogens (tertiary/aromatic N) is 2. The van der Waals surface area contributed by atoms with E-state index in [9.17, 15) is 8.42 Å². The van der Waals surface area contributed by atoms with Crippen LogP contribution < -0.4 is 15.9 Å². The van der Waals surface area contributed by atoms with Crippen molar-refractivity contribution in [3.8, 4) is 0 Å². The number of rotatable bonds is 5. The van der Waals surface area contributed by atoms with Gasteiger partial charge < -0.3 is 5.73 Å². The van der Waals surface area contributed by atoms with E-state index in [-0.39, 0.29) is 17.6 Å². The lowest BCUT2D eigenvalue weighted by molar-refractivity contribution is 0.331. The van der Waals surface area contributed by atoms with E-state index >= 15 is 0 Å². The molecule has 1 aliphatic rings. The molecule has 0 atom stereocenters. The first-order valence-electron chi connectivity index (χ1n) is 7.78. The Morgan fingerprint density at radius 1 is 1.43 bits per heavy atom. The average molecular weight is 334 g/mol. The van der Waals surface area contributed by atoms with Gasteiger partial charge in [-0.3, -0.25) is 0 Å². The Balaban J connectivity index is 1.99. The molecule has 0 unspecified atom stereocenters. The molecule has 1 fully saturated rings. The van der Waals surface area contributed by atoms with Gasteiger partial charge in [-0.05, 0) is 57.1 Å². The van der Waals surface area contributed by atoms with Gasteiger partial charge in [0.25, 0.3) is 0 Å². The smallest absolute Gasteiger partial charge is 0.220 e. The number of aromatic nitrogens is 2. The Bertz CT molecular complexity index is 683. The third-order valence-electron chi connectivity index (χ3n) is 4.35. The maximum Gasteiger partial charge on any atom is 0.220 e. The van der Waals surface area contributed by atoms with E-state index in [0.29, 0.717) is 17.1 Å². The average Bonchev–Trinajstić information content (AvgIpc) is 2.51. The zero-order valence-electron chi connectivity index (χ0n) is 13.6. The highest BCUT2D eigenvalue weighted by atomic mass is 32.2. The van der Waals surface area contributed by atoms with Crippen molar-refractivity contribution in [2.75, 3.05) is 18.5 Å². The van der Waals surface area contributed by atoms with E-state index in [1.807, 2.05) is 6.92 Å². The van der Waals surface area contributed by atoms with Gasteiger partial charge in [-0.25, -0.2) is 23.1 Å². The maximum absolute atomic E-state index is 11.6. The summed E-state index contributed by atoms with van der Waals surface area (Å²) in [5.74, 6) is 1.08. The van der Waals surface area contributed by atoms with Crippen molar-refractivity contribution in [2.24, 2.45) is 11.8 Å². The number of hydrogen-bond donors (Lipinski definition) is 2. The topological polar surface area (TPSA) is 98.0 Å². The number of anilines is 1. The van der Waals surface area contributed by atoms with E-state index in [4.69, 9.17) is 13.6 Å². The Morgan fingerprint density at radius 3 is 2.70 bits per heavy atom. The van der Waals surface area contributed by atoms with Crippen LogP contribution in [0.1, 0.15) is 38.3 Å². The predicted molar refractivity (Wildman–Crippen MR) is 93.8 cm³/mol. The molecule has 1 aromatic heterocycles. The maximum atomic E-state index is 11.6. The lowest BCUT2D eigenvalue weighted by atomic mass is 9.81. The van der Waals surface area contributed by atoms with E-state index in [2.05, 4.69) is 20.8 Å². The first-order chi connectivity index (χ1) is 10.8. The van der Waals surface area contributed by atoms with Crippen molar-refractivity contribution in [3.05, 3.63) is 18.0 Å². The Kier molecular flexibility index (Phi) is 5.81. The minimum Gasteiger partial charge on any atom is -0.368 e. The highest BCUT2D eigenvalue weighted by Gasteiger charge is 2.24. The van der Waals surface area contributed by atoms with Gasteiger partial charge in [0.1, 0.15) is 7.85 Å². The molecule has 1 saturated carbocycles. The molecule has 0 spiro atoms. The Morgan fingerprint density at radius 2 is 2.09 bits per heavy atom. The molecule has 0 saturated heterocycles. The normalized spacial score (nSPS) is 23.0. The van der Waals surface area contributed by atoms with Gasteiger partial charge in [-0.2, -0.15) is 0 Å². The van der Waals surface area contributed by atoms with Gasteiger partial charge in [0.05, 0.1) is 11.4 Å². The fourth-order valence-electron chi connectivity index (χ4n) is 3.07. The zero-order chi connectivity index (χ0) is 17.0. The van der Waals surface area contributed by atoms with E-state index in [1.54, 1.807) is 0 Å². The van der Waals surface area contributed by atoms with Crippen LogP contribution in [-0.4, -0.2) is 39.0 Å². The van der Waals surface area contributed by atoms with E-state index < -0.39 is 10.0 Å². The second-order valence-corrected chi connectivity index (χ2v) is 8.12. The number of nitrogen functional groups attached to an aromatic ring is 1. The van der Waals surface area contributed by atoms with Crippen molar-refractivity contribution in [1.29, 1.82) is 0 Å². The molecule has 0 amide bonds. The molecule has 2 radical (unpaired) electrons. The summed E-state index contributed by atoms with van der Waals surface area (Å²) in [4.78, 5) is 8.07. The second-order valence-electron chi connectivity index (χ2n) is 6.15. The van der Waals surface area contributed by atoms with Crippen LogP contribution in [0.2, 0.25) is 0 Å². The monoisotopic (exact) mass is 334 g/mol. The van der Waals surface area contributed by atoms with Gasteiger partial charge in [0.2, 0.25) is 16.0 Å². The van der Waals surface area contributed by atoms with Gasteiger partial charge >= 0.3 is 0 Å². The summed E-state index contributed by atoms with van der Waals surface area (Å²) >= 11 is 0. The third-order valence-corrected chi connectivity index (χ3v) is 5.88. The molecule has 0 aromatic carbocycles. The van der Waals surface area contributed by atoms with Crippen LogP contribution in [0.5, 0.6) is 0 Å². The van der Waals surface area contributed by atoms with Crippen molar-refractivity contribution < 1.29 is 8.42 Å². The minimum atomic E-state index is -3.13. The molecule has 124 valence electrons. The van der Waals surface area contributed by atoms with Gasteiger partial charge in [0, 0.05) is 6.20 Å². The number of allylic oxidation sites excluding steroid dienone is 2. The molecule has 8 heteroatoms. The largest absolute Gasteiger partial charge is 0.368 e. The first kappa shape index (κ1) is 17.9. The van der Waals surface area contributed by atoms with Crippen molar-refractivity contribution in [3.63, 3.8) is 0 Å². The molecule has 6 nitrogen and oxygen atoms in total. The lowest BCUT2D eigenvalue weighted by Crippen LogP contribution is -2.28. The van der Waals surface area contributed by atoms with Gasteiger partial charge in [-0.15, -0.1) is 0 Å². The van der Waals surface area contributed by atoms with Gasteiger partial charge in [-0.1, -0.05) is 11.5 Å². The standard InChI is InChI=1S/C15H23BN4O2S/c1-10(14-13(16)8-19-15(17)20-14)7-11-3-5-12(6-4-11)9-23(21,22)18-2/h7-8,11-12,18H,3-6,9H2,1-2H3,(H2,17,19,20)/b10-7-. The molecule has 1 heterocycles. The summed E-state index contributed by atoms with van der Waals surface area (Å²) in [6, 6.07) is 0. The lowest BCUT2D eigenvalue weighted by Gasteiger charge is -2.27. The van der Waals surface area contributed by atoms with Crippen LogP contribution in [-0.2, 0) is 10.0 Å². The molecular formula is C15H23BN4O2S. The van der Waals surface area contributed by atoms with Crippen LogP contribution in [0.4, 0.5) is 5.95 Å². The summed E-state index contributed by atoms with van der Waals surface area (Å²) in [6.07, 6.45) is 7.46. The molecule has 23 heavy (non-hydrogen) atoms. The number of hydrogen-bond acceptors (Lipinski definition) is 5. The number of nitrogens with two attached hydrogens (primary N) is 1. The molecule has 1 aliphatic carbocycles. The van der Waals surface area contributed by atoms with Crippen LogP contribution in [0, 0.1) is 11.8 Å². The number of nitrogens with one attached hydrogen (secondary N) is 1. The SMILES string of the molecule is [B]c1cnc(N)nc1/C(C)=C\C1CCC(CS(=O)(=O)NC)CC1. The Labute approximate surface area is 139 Å². The quantitative estimate of drug-likeness (QED) is 0.769.